The SMILES string of the molecule is CCCO.CCCOC(=O)CCC. The zero-order chi connectivity index (χ0) is 10.5. The first-order chi connectivity index (χ1) is 6.22. The van der Waals surface area contributed by atoms with Crippen molar-refractivity contribution >= 4 is 5.97 Å². The van der Waals surface area contributed by atoms with Gasteiger partial charge in [0, 0.05) is 13.0 Å². The Morgan fingerprint density at radius 3 is 2.00 bits per heavy atom. The molecule has 13 heavy (non-hydrogen) atoms. The first-order valence-electron chi connectivity index (χ1n) is 4.99. The van der Waals surface area contributed by atoms with Gasteiger partial charge in [0.05, 0.1) is 6.61 Å². The van der Waals surface area contributed by atoms with Crippen molar-refractivity contribution in [2.24, 2.45) is 0 Å². The van der Waals surface area contributed by atoms with E-state index in [1.165, 1.54) is 0 Å². The largest absolute Gasteiger partial charge is 0.466 e. The van der Waals surface area contributed by atoms with Crippen molar-refractivity contribution < 1.29 is 14.6 Å². The van der Waals surface area contributed by atoms with Gasteiger partial charge in [-0.3, -0.25) is 4.79 Å². The summed E-state index contributed by atoms with van der Waals surface area (Å²) in [5.41, 5.74) is 0. The first-order valence-corrected chi connectivity index (χ1v) is 4.99. The molecule has 0 spiro atoms. The van der Waals surface area contributed by atoms with E-state index in [9.17, 15) is 4.79 Å². The van der Waals surface area contributed by atoms with Crippen molar-refractivity contribution in [3.63, 3.8) is 0 Å². The topological polar surface area (TPSA) is 46.5 Å². The number of aliphatic hydroxyl groups excluding tert-OH is 1. The van der Waals surface area contributed by atoms with Crippen LogP contribution in [-0.4, -0.2) is 24.3 Å². The van der Waals surface area contributed by atoms with Gasteiger partial charge in [-0.2, -0.15) is 0 Å². The van der Waals surface area contributed by atoms with Gasteiger partial charge in [0.2, 0.25) is 0 Å². The van der Waals surface area contributed by atoms with Crippen LogP contribution in [0.3, 0.4) is 0 Å². The summed E-state index contributed by atoms with van der Waals surface area (Å²) in [6, 6.07) is 0. The molecule has 0 amide bonds. The zero-order valence-electron chi connectivity index (χ0n) is 9.01. The maximum absolute atomic E-state index is 10.6. The summed E-state index contributed by atoms with van der Waals surface area (Å²) in [6.45, 7) is 6.77. The summed E-state index contributed by atoms with van der Waals surface area (Å²) in [5.74, 6) is -0.0700. The van der Waals surface area contributed by atoms with E-state index >= 15 is 0 Å². The quantitative estimate of drug-likeness (QED) is 0.675. The van der Waals surface area contributed by atoms with E-state index in [2.05, 4.69) is 0 Å². The lowest BCUT2D eigenvalue weighted by molar-refractivity contribution is -0.143. The third-order valence-corrected chi connectivity index (χ3v) is 1.14. The summed E-state index contributed by atoms with van der Waals surface area (Å²) < 4.78 is 4.79. The minimum absolute atomic E-state index is 0.0700. The minimum atomic E-state index is -0.0700. The van der Waals surface area contributed by atoms with Gasteiger partial charge < -0.3 is 9.84 Å². The second-order valence-electron chi connectivity index (χ2n) is 2.69. The Morgan fingerprint density at radius 2 is 1.69 bits per heavy atom. The van der Waals surface area contributed by atoms with Crippen LogP contribution in [0.4, 0.5) is 0 Å². The maximum Gasteiger partial charge on any atom is 0.305 e. The Labute approximate surface area is 81.1 Å². The van der Waals surface area contributed by atoms with Crippen LogP contribution in [0.1, 0.15) is 46.5 Å². The second kappa shape index (κ2) is 14.0. The smallest absolute Gasteiger partial charge is 0.305 e. The zero-order valence-corrected chi connectivity index (χ0v) is 9.01. The molecule has 0 aromatic rings. The molecule has 0 unspecified atom stereocenters. The number of ether oxygens (including phenoxy) is 1. The normalized spacial score (nSPS) is 8.62. The van der Waals surface area contributed by atoms with Gasteiger partial charge in [0.25, 0.3) is 0 Å². The predicted octanol–water partition coefficient (Wildman–Crippen LogP) is 2.13. The number of carbonyl (C=O) groups is 1. The summed E-state index contributed by atoms with van der Waals surface area (Å²) in [4.78, 5) is 10.6. The van der Waals surface area contributed by atoms with E-state index in [-0.39, 0.29) is 5.97 Å². The molecule has 80 valence electrons. The highest BCUT2D eigenvalue weighted by molar-refractivity contribution is 5.69. The van der Waals surface area contributed by atoms with Crippen molar-refractivity contribution in [1.82, 2.24) is 0 Å². The molecular weight excluding hydrogens is 168 g/mol. The van der Waals surface area contributed by atoms with Gasteiger partial charge >= 0.3 is 5.97 Å². The highest BCUT2D eigenvalue weighted by Gasteiger charge is 1.96. The molecule has 0 fully saturated rings. The molecule has 0 aliphatic rings. The first kappa shape index (κ1) is 14.9. The van der Waals surface area contributed by atoms with Crippen molar-refractivity contribution in [3.05, 3.63) is 0 Å². The summed E-state index contributed by atoms with van der Waals surface area (Å²) in [5, 5.41) is 7.88. The van der Waals surface area contributed by atoms with E-state index in [1.807, 2.05) is 20.8 Å². The van der Waals surface area contributed by atoms with E-state index in [0.717, 1.165) is 19.3 Å². The molecule has 0 saturated carbocycles. The van der Waals surface area contributed by atoms with Crippen LogP contribution in [-0.2, 0) is 9.53 Å². The van der Waals surface area contributed by atoms with Crippen LogP contribution in [0.2, 0.25) is 0 Å². The molecule has 0 aromatic carbocycles. The molecule has 0 aliphatic carbocycles. The van der Waals surface area contributed by atoms with Crippen LogP contribution in [0.5, 0.6) is 0 Å². The Balaban J connectivity index is 0. The third-order valence-electron chi connectivity index (χ3n) is 1.14. The maximum atomic E-state index is 10.6. The fraction of sp³-hybridized carbons (Fsp3) is 0.900. The van der Waals surface area contributed by atoms with Crippen LogP contribution in [0.15, 0.2) is 0 Å². The fourth-order valence-electron chi connectivity index (χ4n) is 0.492. The lowest BCUT2D eigenvalue weighted by Crippen LogP contribution is -2.03. The monoisotopic (exact) mass is 190 g/mol. The van der Waals surface area contributed by atoms with Gasteiger partial charge in [0.15, 0.2) is 0 Å². The Bertz CT molecular complexity index is 100. The molecule has 0 atom stereocenters. The van der Waals surface area contributed by atoms with E-state index in [0.29, 0.717) is 19.6 Å². The summed E-state index contributed by atoms with van der Waals surface area (Å²) in [6.07, 6.45) is 3.22. The van der Waals surface area contributed by atoms with Crippen LogP contribution < -0.4 is 0 Å². The molecule has 0 rings (SSSR count). The molecule has 0 aromatic heterocycles. The predicted molar refractivity (Wildman–Crippen MR) is 53.5 cm³/mol. The van der Waals surface area contributed by atoms with Crippen LogP contribution in [0, 0.1) is 0 Å². The van der Waals surface area contributed by atoms with E-state index in [1.54, 1.807) is 0 Å². The lowest BCUT2D eigenvalue weighted by atomic mass is 10.3. The fourth-order valence-corrected chi connectivity index (χ4v) is 0.492. The molecule has 0 heterocycles. The minimum Gasteiger partial charge on any atom is -0.466 e. The van der Waals surface area contributed by atoms with Gasteiger partial charge in [-0.25, -0.2) is 0 Å². The van der Waals surface area contributed by atoms with Crippen molar-refractivity contribution in [2.45, 2.75) is 46.5 Å². The van der Waals surface area contributed by atoms with Gasteiger partial charge in [-0.15, -0.1) is 0 Å². The van der Waals surface area contributed by atoms with Gasteiger partial charge in [0.1, 0.15) is 0 Å². The Kier molecular flexibility index (Phi) is 16.1. The number of aliphatic hydroxyl groups is 1. The number of hydrogen-bond acceptors (Lipinski definition) is 3. The Hall–Kier alpha value is -0.570. The standard InChI is InChI=1S/C7H14O2.C3H8O/c1-3-5-7(8)9-6-4-2;1-2-3-4/h3-6H2,1-2H3;4H,2-3H2,1H3. The molecule has 0 bridgehead atoms. The number of carbonyl (C=O) groups excluding carboxylic acids is 1. The highest BCUT2D eigenvalue weighted by atomic mass is 16.5. The molecule has 3 heteroatoms. The number of rotatable bonds is 5. The molecule has 1 N–H and O–H groups in total. The average Bonchev–Trinajstić information content (AvgIpc) is 2.16. The molecule has 3 nitrogen and oxygen atoms in total. The third kappa shape index (κ3) is 18.4. The highest BCUT2D eigenvalue weighted by Crippen LogP contribution is 1.91. The lowest BCUT2D eigenvalue weighted by Gasteiger charge is -1.99. The van der Waals surface area contributed by atoms with E-state index in [4.69, 9.17) is 9.84 Å². The van der Waals surface area contributed by atoms with Gasteiger partial charge in [-0.05, 0) is 19.3 Å². The summed E-state index contributed by atoms with van der Waals surface area (Å²) >= 11 is 0. The Morgan fingerprint density at radius 1 is 1.15 bits per heavy atom. The number of esters is 1. The van der Waals surface area contributed by atoms with Crippen molar-refractivity contribution in [3.8, 4) is 0 Å². The van der Waals surface area contributed by atoms with E-state index < -0.39 is 0 Å². The van der Waals surface area contributed by atoms with Crippen LogP contribution in [0.25, 0.3) is 0 Å². The molecule has 0 radical (unpaired) electrons. The second-order valence-corrected chi connectivity index (χ2v) is 2.69. The van der Waals surface area contributed by atoms with Gasteiger partial charge in [-0.1, -0.05) is 20.8 Å². The summed E-state index contributed by atoms with van der Waals surface area (Å²) in [7, 11) is 0. The molecule has 0 saturated heterocycles. The molecule has 0 aliphatic heterocycles. The van der Waals surface area contributed by atoms with Crippen molar-refractivity contribution in [2.75, 3.05) is 13.2 Å². The average molecular weight is 190 g/mol. The van der Waals surface area contributed by atoms with Crippen LogP contribution >= 0.6 is 0 Å². The molecular formula is C10H22O3. The number of hydrogen-bond donors (Lipinski definition) is 1. The van der Waals surface area contributed by atoms with Crippen molar-refractivity contribution in [1.29, 1.82) is 0 Å².